The van der Waals surface area contributed by atoms with Crippen LogP contribution in [-0.2, 0) is 11.2 Å². The van der Waals surface area contributed by atoms with E-state index in [1.165, 1.54) is 28.2 Å². The second-order valence-electron chi connectivity index (χ2n) is 5.35. The first-order valence-electron chi connectivity index (χ1n) is 7.65. The van der Waals surface area contributed by atoms with Crippen LogP contribution in [0.5, 0.6) is 0 Å². The fraction of sp³-hybridized carbons (Fsp3) is 0.312. The maximum absolute atomic E-state index is 12.0. The summed E-state index contributed by atoms with van der Waals surface area (Å²) >= 11 is 2.70. The van der Waals surface area contributed by atoms with Gasteiger partial charge < -0.3 is 10.6 Å². The number of hydrogen-bond acceptors (Lipinski definition) is 6. The predicted octanol–water partition coefficient (Wildman–Crippen LogP) is 2.04. The lowest BCUT2D eigenvalue weighted by atomic mass is 10.1. The van der Waals surface area contributed by atoms with E-state index in [1.807, 2.05) is 11.4 Å². The van der Waals surface area contributed by atoms with Gasteiger partial charge in [-0.05, 0) is 24.4 Å². The van der Waals surface area contributed by atoms with Gasteiger partial charge in [0.05, 0.1) is 17.0 Å². The third-order valence-electron chi connectivity index (χ3n) is 3.53. The van der Waals surface area contributed by atoms with E-state index < -0.39 is 0 Å². The van der Waals surface area contributed by atoms with Crippen molar-refractivity contribution in [1.29, 1.82) is 0 Å². The van der Waals surface area contributed by atoms with Gasteiger partial charge in [-0.3, -0.25) is 14.9 Å². The maximum atomic E-state index is 12.0. The Morgan fingerprint density at radius 2 is 2.25 bits per heavy atom. The normalized spacial score (nSPS) is 14.1. The molecule has 0 fully saturated rings. The Bertz CT molecular complexity index is 737. The van der Waals surface area contributed by atoms with Crippen molar-refractivity contribution in [2.24, 2.45) is 0 Å². The Labute approximate surface area is 148 Å². The van der Waals surface area contributed by atoms with E-state index in [0.717, 1.165) is 19.5 Å². The highest BCUT2D eigenvalue weighted by atomic mass is 32.1. The number of carbonyl (C=O) groups is 2. The van der Waals surface area contributed by atoms with Crippen LogP contribution >= 0.6 is 22.7 Å². The van der Waals surface area contributed by atoms with Crippen molar-refractivity contribution in [3.8, 4) is 0 Å². The molecule has 3 N–H and O–H groups in total. The van der Waals surface area contributed by atoms with Gasteiger partial charge in [-0.25, -0.2) is 4.98 Å². The summed E-state index contributed by atoms with van der Waals surface area (Å²) in [5, 5.41) is 13.1. The molecule has 2 aromatic rings. The molecule has 0 bridgehead atoms. The Morgan fingerprint density at radius 3 is 3.00 bits per heavy atom. The van der Waals surface area contributed by atoms with Crippen LogP contribution in [0.4, 0.5) is 5.13 Å². The molecule has 8 heteroatoms. The zero-order valence-electron chi connectivity index (χ0n) is 13.0. The van der Waals surface area contributed by atoms with Crippen molar-refractivity contribution in [2.75, 3.05) is 25.0 Å². The topological polar surface area (TPSA) is 83.1 Å². The van der Waals surface area contributed by atoms with Gasteiger partial charge in [0.15, 0.2) is 5.13 Å². The smallest absolute Gasteiger partial charge is 0.267 e. The number of rotatable bonds is 6. The number of thiazole rings is 1. The largest absolute Gasteiger partial charge is 0.352 e. The van der Waals surface area contributed by atoms with Crippen molar-refractivity contribution in [3.05, 3.63) is 45.1 Å². The predicted molar refractivity (Wildman–Crippen MR) is 96.7 cm³/mol. The first-order chi connectivity index (χ1) is 11.7. The molecule has 0 aromatic carbocycles. The molecule has 3 rings (SSSR count). The minimum Gasteiger partial charge on any atom is -0.352 e. The molecule has 6 nitrogen and oxygen atoms in total. The van der Waals surface area contributed by atoms with Gasteiger partial charge in [-0.15, -0.1) is 22.7 Å². The Balaban J connectivity index is 1.47. The minimum absolute atomic E-state index is 0.0594. The third-order valence-corrected chi connectivity index (χ3v) is 5.20. The Kier molecular flexibility index (Phi) is 5.73. The van der Waals surface area contributed by atoms with Gasteiger partial charge >= 0.3 is 0 Å². The summed E-state index contributed by atoms with van der Waals surface area (Å²) in [6.45, 7) is 2.41. The molecular weight excluding hydrogens is 344 g/mol. The van der Waals surface area contributed by atoms with Crippen LogP contribution in [0.25, 0.3) is 0 Å². The van der Waals surface area contributed by atoms with Crippen molar-refractivity contribution >= 4 is 39.6 Å². The summed E-state index contributed by atoms with van der Waals surface area (Å²) in [4.78, 5) is 28.9. The quantitative estimate of drug-likeness (QED) is 0.687. The molecule has 0 radical (unpaired) electrons. The molecule has 2 aromatic heterocycles. The molecule has 0 saturated carbocycles. The average molecular weight is 362 g/mol. The zero-order valence-corrected chi connectivity index (χ0v) is 14.6. The van der Waals surface area contributed by atoms with E-state index in [2.05, 4.69) is 27.0 Å². The average Bonchev–Trinajstić information content (AvgIpc) is 3.26. The standard InChI is InChI=1S/C16H18N4O2S2/c21-14(18-9-11-3-5-17-6-4-11)8-12-10-24-16(19-12)20-15(22)13-2-1-7-23-13/h1-3,7,10,17H,4-6,8-9H2,(H,18,21)(H,19,20,22). The number of aromatic nitrogens is 1. The molecule has 0 spiro atoms. The number of nitrogens with one attached hydrogen (secondary N) is 3. The van der Waals surface area contributed by atoms with E-state index in [-0.39, 0.29) is 18.2 Å². The lowest BCUT2D eigenvalue weighted by Gasteiger charge is -2.14. The Hall–Kier alpha value is -2.03. The highest BCUT2D eigenvalue weighted by Gasteiger charge is 2.12. The molecule has 126 valence electrons. The number of nitrogens with zero attached hydrogens (tertiary/aromatic N) is 1. The fourth-order valence-corrected chi connectivity index (χ4v) is 3.61. The van der Waals surface area contributed by atoms with Gasteiger partial charge in [-0.2, -0.15) is 0 Å². The number of hydrogen-bond donors (Lipinski definition) is 3. The molecule has 24 heavy (non-hydrogen) atoms. The van der Waals surface area contributed by atoms with Crippen LogP contribution in [0.1, 0.15) is 21.8 Å². The van der Waals surface area contributed by atoms with Crippen LogP contribution in [-0.4, -0.2) is 36.4 Å². The Morgan fingerprint density at radius 1 is 1.33 bits per heavy atom. The monoisotopic (exact) mass is 362 g/mol. The first-order valence-corrected chi connectivity index (χ1v) is 9.41. The van der Waals surface area contributed by atoms with Crippen molar-refractivity contribution < 1.29 is 9.59 Å². The van der Waals surface area contributed by atoms with E-state index in [1.54, 1.807) is 11.4 Å². The molecule has 0 aliphatic carbocycles. The van der Waals surface area contributed by atoms with Crippen LogP contribution in [0.2, 0.25) is 0 Å². The number of anilines is 1. The van der Waals surface area contributed by atoms with Crippen LogP contribution in [0.15, 0.2) is 34.5 Å². The zero-order chi connectivity index (χ0) is 16.8. The fourth-order valence-electron chi connectivity index (χ4n) is 2.28. The lowest BCUT2D eigenvalue weighted by molar-refractivity contribution is -0.120. The van der Waals surface area contributed by atoms with E-state index >= 15 is 0 Å². The van der Waals surface area contributed by atoms with Gasteiger partial charge in [0.25, 0.3) is 5.91 Å². The van der Waals surface area contributed by atoms with E-state index in [0.29, 0.717) is 22.2 Å². The number of carbonyl (C=O) groups excluding carboxylic acids is 2. The van der Waals surface area contributed by atoms with Gasteiger partial charge in [0, 0.05) is 18.5 Å². The summed E-state index contributed by atoms with van der Waals surface area (Å²) in [6.07, 6.45) is 3.30. The summed E-state index contributed by atoms with van der Waals surface area (Å²) in [5.74, 6) is -0.232. The van der Waals surface area contributed by atoms with Crippen molar-refractivity contribution in [3.63, 3.8) is 0 Å². The number of amides is 2. The molecular formula is C16H18N4O2S2. The lowest BCUT2D eigenvalue weighted by Crippen LogP contribution is -2.30. The highest BCUT2D eigenvalue weighted by Crippen LogP contribution is 2.18. The van der Waals surface area contributed by atoms with E-state index in [4.69, 9.17) is 0 Å². The SMILES string of the molecule is O=C(Cc1csc(NC(=O)c2cccs2)n1)NCC1=CCNCC1. The summed E-state index contributed by atoms with van der Waals surface area (Å²) in [7, 11) is 0. The molecule has 0 atom stereocenters. The number of thiophene rings is 1. The summed E-state index contributed by atoms with van der Waals surface area (Å²) in [6, 6.07) is 3.59. The molecule has 2 amide bonds. The second-order valence-corrected chi connectivity index (χ2v) is 7.15. The van der Waals surface area contributed by atoms with Crippen LogP contribution < -0.4 is 16.0 Å². The molecule has 1 aliphatic rings. The minimum atomic E-state index is -0.173. The van der Waals surface area contributed by atoms with Gasteiger partial charge in [0.2, 0.25) is 5.91 Å². The molecule has 0 unspecified atom stereocenters. The highest BCUT2D eigenvalue weighted by molar-refractivity contribution is 7.14. The summed E-state index contributed by atoms with van der Waals surface area (Å²) < 4.78 is 0. The van der Waals surface area contributed by atoms with Crippen LogP contribution in [0, 0.1) is 0 Å². The van der Waals surface area contributed by atoms with Crippen molar-refractivity contribution in [2.45, 2.75) is 12.8 Å². The molecule has 0 saturated heterocycles. The first kappa shape index (κ1) is 16.8. The second kappa shape index (κ2) is 8.18. The van der Waals surface area contributed by atoms with Gasteiger partial charge in [0.1, 0.15) is 0 Å². The van der Waals surface area contributed by atoms with Crippen LogP contribution in [0.3, 0.4) is 0 Å². The summed E-state index contributed by atoms with van der Waals surface area (Å²) in [5.41, 5.74) is 1.92. The third kappa shape index (κ3) is 4.73. The van der Waals surface area contributed by atoms with Crippen molar-refractivity contribution in [1.82, 2.24) is 15.6 Å². The molecule has 3 heterocycles. The molecule has 1 aliphatic heterocycles. The maximum Gasteiger partial charge on any atom is 0.267 e. The van der Waals surface area contributed by atoms with E-state index in [9.17, 15) is 9.59 Å². The van der Waals surface area contributed by atoms with Gasteiger partial charge in [-0.1, -0.05) is 17.7 Å².